The lowest BCUT2D eigenvalue weighted by atomic mass is 9.94. The van der Waals surface area contributed by atoms with E-state index < -0.39 is 17.7 Å². The monoisotopic (exact) mass is 518 g/mol. The second-order valence-corrected chi connectivity index (χ2v) is 9.14. The molecule has 5 rings (SSSR count). The first kappa shape index (κ1) is 24.6. The number of carbonyl (C=O) groups excluding carboxylic acids is 2. The maximum Gasteiger partial charge on any atom is 0.295 e. The van der Waals surface area contributed by atoms with E-state index in [2.05, 4.69) is 4.98 Å². The third-order valence-corrected chi connectivity index (χ3v) is 6.84. The molecule has 6 nitrogen and oxygen atoms in total. The van der Waals surface area contributed by atoms with E-state index in [1.54, 1.807) is 36.5 Å². The van der Waals surface area contributed by atoms with Gasteiger partial charge in [0, 0.05) is 34.8 Å². The van der Waals surface area contributed by atoms with Crippen LogP contribution in [0.25, 0.3) is 16.7 Å². The van der Waals surface area contributed by atoms with E-state index in [1.165, 1.54) is 17.0 Å². The number of likely N-dealkylation sites (tertiary alicyclic amines) is 1. The number of halogens is 2. The standard InChI is InChI=1S/C29H24ClFN2O4/c1-2-37-19-11-12-23(30)21(15-19)27(34)25-26(22-16-32-24-6-4-3-5-20(22)24)33(29(36)28(25)35)14-13-17-7-9-18(31)10-8-17/h3-12,15-16,26,32,34H,2,13-14H2,1H3/b27-25+. The predicted molar refractivity (Wildman–Crippen MR) is 140 cm³/mol. The molecule has 2 N–H and O–H groups in total. The van der Waals surface area contributed by atoms with Gasteiger partial charge in [0.2, 0.25) is 0 Å². The Bertz CT molecular complexity index is 1530. The van der Waals surface area contributed by atoms with Crippen LogP contribution in [0.2, 0.25) is 5.02 Å². The van der Waals surface area contributed by atoms with Gasteiger partial charge in [-0.25, -0.2) is 4.39 Å². The number of ketones is 1. The number of carbonyl (C=O) groups is 2. The lowest BCUT2D eigenvalue weighted by Gasteiger charge is -2.25. The zero-order valence-corrected chi connectivity index (χ0v) is 20.8. The molecule has 1 aliphatic heterocycles. The van der Waals surface area contributed by atoms with Gasteiger partial charge in [0.1, 0.15) is 17.3 Å². The topological polar surface area (TPSA) is 82.6 Å². The molecule has 0 spiro atoms. The number of hydrogen-bond acceptors (Lipinski definition) is 4. The van der Waals surface area contributed by atoms with Gasteiger partial charge >= 0.3 is 0 Å². The third-order valence-electron chi connectivity index (χ3n) is 6.51. The number of fused-ring (bicyclic) bond motifs is 1. The fraction of sp³-hybridized carbons (Fsp3) is 0.172. The molecule has 37 heavy (non-hydrogen) atoms. The minimum absolute atomic E-state index is 0.0515. The zero-order valence-electron chi connectivity index (χ0n) is 20.0. The van der Waals surface area contributed by atoms with Crippen LogP contribution in [-0.4, -0.2) is 39.8 Å². The van der Waals surface area contributed by atoms with E-state index in [9.17, 15) is 19.1 Å². The number of Topliss-reactive ketones (excluding diaryl/α,β-unsaturated/α-hetero) is 1. The number of aromatic nitrogens is 1. The largest absolute Gasteiger partial charge is 0.507 e. The van der Waals surface area contributed by atoms with Crippen LogP contribution < -0.4 is 4.74 Å². The fourth-order valence-corrected chi connectivity index (χ4v) is 4.95. The molecule has 1 saturated heterocycles. The number of hydrogen-bond donors (Lipinski definition) is 2. The lowest BCUT2D eigenvalue weighted by molar-refractivity contribution is -0.139. The van der Waals surface area contributed by atoms with Gasteiger partial charge in [-0.3, -0.25) is 9.59 Å². The minimum Gasteiger partial charge on any atom is -0.507 e. The van der Waals surface area contributed by atoms with Crippen molar-refractivity contribution in [2.45, 2.75) is 19.4 Å². The van der Waals surface area contributed by atoms with E-state index in [1.807, 2.05) is 31.2 Å². The van der Waals surface area contributed by atoms with Gasteiger partial charge in [0.05, 0.1) is 23.2 Å². The van der Waals surface area contributed by atoms with Gasteiger partial charge < -0.3 is 19.7 Å². The molecule has 0 radical (unpaired) electrons. The molecule has 1 fully saturated rings. The van der Waals surface area contributed by atoms with Gasteiger partial charge in [-0.1, -0.05) is 41.9 Å². The van der Waals surface area contributed by atoms with Gasteiger partial charge in [-0.05, 0) is 55.3 Å². The molecule has 1 amide bonds. The van der Waals surface area contributed by atoms with Gasteiger partial charge in [0.15, 0.2) is 0 Å². The third kappa shape index (κ3) is 4.58. The number of aromatic amines is 1. The van der Waals surface area contributed by atoms with Crippen molar-refractivity contribution in [3.8, 4) is 5.75 Å². The number of nitrogens with one attached hydrogen (secondary N) is 1. The number of aliphatic hydroxyl groups excluding tert-OH is 1. The number of aliphatic hydroxyl groups is 1. The number of amides is 1. The first-order valence-corrected chi connectivity index (χ1v) is 12.3. The highest BCUT2D eigenvalue weighted by atomic mass is 35.5. The molecule has 1 aliphatic rings. The van der Waals surface area contributed by atoms with Gasteiger partial charge in [-0.15, -0.1) is 0 Å². The van der Waals surface area contributed by atoms with E-state index in [-0.39, 0.29) is 34.3 Å². The summed E-state index contributed by atoms with van der Waals surface area (Å²) in [5.74, 6) is -1.78. The molecule has 0 bridgehead atoms. The van der Waals surface area contributed by atoms with Crippen molar-refractivity contribution in [2.75, 3.05) is 13.2 Å². The average molecular weight is 519 g/mol. The van der Waals surface area contributed by atoms with Gasteiger partial charge in [0.25, 0.3) is 11.7 Å². The van der Waals surface area contributed by atoms with Crippen LogP contribution in [0.1, 0.15) is 29.7 Å². The Morgan fingerprint density at radius 1 is 1.11 bits per heavy atom. The van der Waals surface area contributed by atoms with Crippen molar-refractivity contribution in [3.05, 3.63) is 106 Å². The summed E-state index contributed by atoms with van der Waals surface area (Å²) in [7, 11) is 0. The van der Waals surface area contributed by atoms with Crippen LogP contribution in [-0.2, 0) is 16.0 Å². The summed E-state index contributed by atoms with van der Waals surface area (Å²) in [6.45, 7) is 2.42. The Kier molecular flexibility index (Phi) is 6.72. The van der Waals surface area contributed by atoms with Crippen LogP contribution in [0.4, 0.5) is 4.39 Å². The summed E-state index contributed by atoms with van der Waals surface area (Å²) in [5.41, 5.74) is 2.47. The highest BCUT2D eigenvalue weighted by Gasteiger charge is 2.46. The molecule has 4 aromatic rings. The molecular formula is C29H24ClFN2O4. The molecular weight excluding hydrogens is 495 g/mol. The maximum atomic E-state index is 13.4. The first-order valence-electron chi connectivity index (χ1n) is 11.9. The van der Waals surface area contributed by atoms with E-state index >= 15 is 0 Å². The van der Waals surface area contributed by atoms with Crippen molar-refractivity contribution < 1.29 is 23.8 Å². The van der Waals surface area contributed by atoms with Crippen LogP contribution in [0, 0.1) is 5.82 Å². The van der Waals surface area contributed by atoms with E-state index in [0.29, 0.717) is 24.3 Å². The minimum atomic E-state index is -0.858. The van der Waals surface area contributed by atoms with Crippen LogP contribution in [0.15, 0.2) is 78.5 Å². The van der Waals surface area contributed by atoms with E-state index in [4.69, 9.17) is 16.3 Å². The van der Waals surface area contributed by atoms with Crippen LogP contribution in [0.3, 0.4) is 0 Å². The Hall–Kier alpha value is -4.10. The second kappa shape index (κ2) is 10.1. The predicted octanol–water partition coefficient (Wildman–Crippen LogP) is 6.02. The van der Waals surface area contributed by atoms with Crippen molar-refractivity contribution in [2.24, 2.45) is 0 Å². The number of rotatable bonds is 7. The Labute approximate surface area is 217 Å². The van der Waals surface area contributed by atoms with Gasteiger partial charge in [-0.2, -0.15) is 0 Å². The van der Waals surface area contributed by atoms with E-state index in [0.717, 1.165) is 16.5 Å². The highest BCUT2D eigenvalue weighted by molar-refractivity contribution is 6.47. The van der Waals surface area contributed by atoms with Crippen molar-refractivity contribution in [3.63, 3.8) is 0 Å². The number of nitrogens with zero attached hydrogens (tertiary/aromatic N) is 1. The SMILES string of the molecule is CCOc1ccc(Cl)c(/C(O)=C2\C(=O)C(=O)N(CCc3ccc(F)cc3)C2c2c[nH]c3ccccc23)c1. The molecule has 0 saturated carbocycles. The summed E-state index contributed by atoms with van der Waals surface area (Å²) in [6.07, 6.45) is 2.14. The van der Waals surface area contributed by atoms with Crippen molar-refractivity contribution >= 4 is 40.0 Å². The molecule has 1 atom stereocenters. The van der Waals surface area contributed by atoms with Crippen molar-refractivity contribution in [1.82, 2.24) is 9.88 Å². The molecule has 1 aromatic heterocycles. The Balaban J connectivity index is 1.64. The lowest BCUT2D eigenvalue weighted by Crippen LogP contribution is -2.31. The zero-order chi connectivity index (χ0) is 26.1. The highest BCUT2D eigenvalue weighted by Crippen LogP contribution is 2.43. The summed E-state index contributed by atoms with van der Waals surface area (Å²) in [4.78, 5) is 31.4. The molecule has 1 unspecified atom stereocenters. The summed E-state index contributed by atoms with van der Waals surface area (Å²) in [6, 6.07) is 17.5. The molecule has 8 heteroatoms. The van der Waals surface area contributed by atoms with Crippen LogP contribution >= 0.6 is 11.6 Å². The maximum absolute atomic E-state index is 13.4. The van der Waals surface area contributed by atoms with Crippen LogP contribution in [0.5, 0.6) is 5.75 Å². The van der Waals surface area contributed by atoms with Crippen molar-refractivity contribution in [1.29, 1.82) is 0 Å². The normalized spacial score (nSPS) is 17.1. The summed E-state index contributed by atoms with van der Waals surface area (Å²) >= 11 is 6.42. The first-order chi connectivity index (χ1) is 17.9. The smallest absolute Gasteiger partial charge is 0.295 e. The quantitative estimate of drug-likeness (QED) is 0.178. The number of ether oxygens (including phenoxy) is 1. The number of para-hydroxylation sites is 1. The molecule has 188 valence electrons. The average Bonchev–Trinajstić information content (AvgIpc) is 3.43. The molecule has 3 aromatic carbocycles. The number of benzene rings is 3. The second-order valence-electron chi connectivity index (χ2n) is 8.73. The Morgan fingerprint density at radius 3 is 2.62 bits per heavy atom. The summed E-state index contributed by atoms with van der Waals surface area (Å²) in [5, 5.41) is 12.5. The Morgan fingerprint density at radius 2 is 1.86 bits per heavy atom. The molecule has 0 aliphatic carbocycles. The summed E-state index contributed by atoms with van der Waals surface area (Å²) < 4.78 is 18.9. The fourth-order valence-electron chi connectivity index (χ4n) is 4.74. The molecule has 2 heterocycles. The number of H-pyrrole nitrogens is 1.